The Labute approximate surface area is 228 Å². The normalized spacial score (nSPS) is 11.1. The van der Waals surface area contributed by atoms with Crippen LogP contribution in [0.5, 0.6) is 0 Å². The first kappa shape index (κ1) is 22.9. The summed E-state index contributed by atoms with van der Waals surface area (Å²) < 4.78 is 0. The van der Waals surface area contributed by atoms with E-state index in [1.807, 2.05) is 0 Å². The van der Waals surface area contributed by atoms with Crippen LogP contribution in [0.3, 0.4) is 0 Å². The number of rotatable bonds is 5. The van der Waals surface area contributed by atoms with Gasteiger partial charge in [-0.25, -0.2) is 4.98 Å². The van der Waals surface area contributed by atoms with Crippen LogP contribution in [-0.2, 0) is 0 Å². The first-order chi connectivity index (χ1) is 19.3. The van der Waals surface area contributed by atoms with Crippen molar-refractivity contribution < 1.29 is 0 Å². The van der Waals surface area contributed by atoms with Gasteiger partial charge in [-0.3, -0.25) is 0 Å². The van der Waals surface area contributed by atoms with E-state index in [9.17, 15) is 0 Å². The van der Waals surface area contributed by atoms with Crippen molar-refractivity contribution in [1.82, 2.24) is 4.98 Å². The number of aromatic nitrogens is 1. The Morgan fingerprint density at radius 3 is 1.54 bits per heavy atom. The van der Waals surface area contributed by atoms with E-state index in [0.29, 0.717) is 0 Å². The van der Waals surface area contributed by atoms with Crippen molar-refractivity contribution >= 4 is 38.7 Å². The van der Waals surface area contributed by atoms with Crippen molar-refractivity contribution in [3.63, 3.8) is 0 Å². The molecule has 2 heteroatoms. The summed E-state index contributed by atoms with van der Waals surface area (Å²) in [6, 6.07) is 55.5. The van der Waals surface area contributed by atoms with Crippen molar-refractivity contribution in [2.24, 2.45) is 0 Å². The third-order valence-corrected chi connectivity index (χ3v) is 7.21. The molecule has 0 saturated carbocycles. The van der Waals surface area contributed by atoms with E-state index in [1.165, 1.54) is 27.3 Å². The van der Waals surface area contributed by atoms with Gasteiger partial charge >= 0.3 is 0 Å². The molecule has 0 aliphatic heterocycles. The molecule has 1 heterocycles. The standard InChI is InChI=1S/C37H26N2/c1-4-12-27(13-5-1)34-26-36(38-37-25-30-15-11-10-14-29(30)24-35(34)37)28-20-22-33(23-21-28)39(31-16-6-2-7-17-31)32-18-8-3-9-19-32/h1-26H. The van der Waals surface area contributed by atoms with Crippen LogP contribution in [0.25, 0.3) is 44.1 Å². The molecule has 0 aliphatic rings. The van der Waals surface area contributed by atoms with Gasteiger partial charge in [-0.15, -0.1) is 0 Å². The summed E-state index contributed by atoms with van der Waals surface area (Å²) in [7, 11) is 0. The first-order valence-electron chi connectivity index (χ1n) is 13.2. The lowest BCUT2D eigenvalue weighted by Gasteiger charge is -2.25. The molecule has 7 aromatic rings. The molecule has 184 valence electrons. The van der Waals surface area contributed by atoms with Gasteiger partial charge in [0.1, 0.15) is 0 Å². The lowest BCUT2D eigenvalue weighted by Crippen LogP contribution is -2.09. The minimum atomic E-state index is 0.967. The minimum absolute atomic E-state index is 0.967. The van der Waals surface area contributed by atoms with Gasteiger partial charge in [-0.1, -0.05) is 103 Å². The zero-order valence-electron chi connectivity index (χ0n) is 21.4. The Hall–Kier alpha value is -5.21. The summed E-state index contributed by atoms with van der Waals surface area (Å²) >= 11 is 0. The Kier molecular flexibility index (Phi) is 5.84. The van der Waals surface area contributed by atoms with Crippen molar-refractivity contribution in [2.75, 3.05) is 4.90 Å². The Morgan fingerprint density at radius 1 is 0.410 bits per heavy atom. The molecule has 0 aliphatic carbocycles. The monoisotopic (exact) mass is 498 g/mol. The van der Waals surface area contributed by atoms with E-state index < -0.39 is 0 Å². The van der Waals surface area contributed by atoms with E-state index in [0.717, 1.165) is 33.8 Å². The second kappa shape index (κ2) is 9.92. The van der Waals surface area contributed by atoms with E-state index >= 15 is 0 Å². The van der Waals surface area contributed by atoms with Crippen molar-refractivity contribution in [3.05, 3.63) is 158 Å². The van der Waals surface area contributed by atoms with E-state index in [-0.39, 0.29) is 0 Å². The molecule has 0 radical (unpaired) electrons. The maximum Gasteiger partial charge on any atom is 0.0722 e. The number of para-hydroxylation sites is 2. The number of benzene rings is 6. The summed E-state index contributed by atoms with van der Waals surface area (Å²) in [5.74, 6) is 0. The van der Waals surface area contributed by atoms with Gasteiger partial charge in [-0.2, -0.15) is 0 Å². The first-order valence-corrected chi connectivity index (χ1v) is 13.2. The average Bonchev–Trinajstić information content (AvgIpc) is 3.01. The van der Waals surface area contributed by atoms with Crippen LogP contribution in [0.4, 0.5) is 17.1 Å². The molecule has 2 nitrogen and oxygen atoms in total. The molecule has 1 aromatic heterocycles. The molecule has 0 saturated heterocycles. The summed E-state index contributed by atoms with van der Waals surface area (Å²) in [4.78, 5) is 7.44. The van der Waals surface area contributed by atoms with Gasteiger partial charge in [0.25, 0.3) is 0 Å². The molecule has 39 heavy (non-hydrogen) atoms. The van der Waals surface area contributed by atoms with Crippen LogP contribution in [0, 0.1) is 0 Å². The predicted molar refractivity (Wildman–Crippen MR) is 165 cm³/mol. The second-order valence-electron chi connectivity index (χ2n) is 9.69. The van der Waals surface area contributed by atoms with Crippen LogP contribution in [0.1, 0.15) is 0 Å². The van der Waals surface area contributed by atoms with E-state index in [1.54, 1.807) is 0 Å². The van der Waals surface area contributed by atoms with E-state index in [4.69, 9.17) is 4.98 Å². The van der Waals surface area contributed by atoms with Crippen molar-refractivity contribution in [3.8, 4) is 22.4 Å². The number of hydrogen-bond donors (Lipinski definition) is 0. The Morgan fingerprint density at radius 2 is 0.923 bits per heavy atom. The quantitative estimate of drug-likeness (QED) is 0.219. The molecule has 0 N–H and O–H groups in total. The van der Waals surface area contributed by atoms with Gasteiger partial charge in [0, 0.05) is 28.0 Å². The van der Waals surface area contributed by atoms with Crippen LogP contribution in [0.15, 0.2) is 158 Å². The third kappa shape index (κ3) is 4.43. The topological polar surface area (TPSA) is 16.1 Å². The maximum absolute atomic E-state index is 5.16. The Balaban J connectivity index is 1.36. The SMILES string of the molecule is c1ccc(-c2cc(-c3ccc(N(c4ccccc4)c4ccccc4)cc3)nc3cc4ccccc4cc23)cc1. The Bertz CT molecular complexity index is 1840. The molecular weight excluding hydrogens is 472 g/mol. The highest BCUT2D eigenvalue weighted by Gasteiger charge is 2.14. The molecule has 6 aromatic carbocycles. The lowest BCUT2D eigenvalue weighted by molar-refractivity contribution is 1.28. The zero-order valence-corrected chi connectivity index (χ0v) is 21.4. The zero-order chi connectivity index (χ0) is 26.0. The third-order valence-electron chi connectivity index (χ3n) is 7.21. The summed E-state index contributed by atoms with van der Waals surface area (Å²) in [6.45, 7) is 0. The van der Waals surface area contributed by atoms with Crippen LogP contribution >= 0.6 is 0 Å². The second-order valence-corrected chi connectivity index (χ2v) is 9.69. The van der Waals surface area contributed by atoms with Crippen molar-refractivity contribution in [1.29, 1.82) is 0 Å². The van der Waals surface area contributed by atoms with Gasteiger partial charge in [-0.05, 0) is 76.5 Å². The molecular formula is C37H26N2. The molecule has 7 rings (SSSR count). The molecule has 0 atom stereocenters. The fraction of sp³-hybridized carbons (Fsp3) is 0. The van der Waals surface area contributed by atoms with Gasteiger partial charge in [0.2, 0.25) is 0 Å². The number of nitrogens with zero attached hydrogens (tertiary/aromatic N) is 2. The number of fused-ring (bicyclic) bond motifs is 2. The smallest absolute Gasteiger partial charge is 0.0722 e. The van der Waals surface area contributed by atoms with E-state index in [2.05, 4.69) is 163 Å². The average molecular weight is 499 g/mol. The molecule has 0 unspecified atom stereocenters. The predicted octanol–water partition coefficient (Wildman–Crippen LogP) is 10.2. The minimum Gasteiger partial charge on any atom is -0.311 e. The number of hydrogen-bond acceptors (Lipinski definition) is 2. The van der Waals surface area contributed by atoms with Gasteiger partial charge < -0.3 is 4.90 Å². The largest absolute Gasteiger partial charge is 0.311 e. The number of anilines is 3. The molecule has 0 fully saturated rings. The fourth-order valence-electron chi connectivity index (χ4n) is 5.30. The fourth-order valence-corrected chi connectivity index (χ4v) is 5.30. The molecule has 0 amide bonds. The van der Waals surface area contributed by atoms with Crippen LogP contribution < -0.4 is 4.90 Å². The summed E-state index contributed by atoms with van der Waals surface area (Å²) in [6.07, 6.45) is 0. The summed E-state index contributed by atoms with van der Waals surface area (Å²) in [5.41, 5.74) is 8.80. The van der Waals surface area contributed by atoms with Crippen LogP contribution in [0.2, 0.25) is 0 Å². The summed E-state index contributed by atoms with van der Waals surface area (Å²) in [5, 5.41) is 3.59. The van der Waals surface area contributed by atoms with Crippen molar-refractivity contribution in [2.45, 2.75) is 0 Å². The highest BCUT2D eigenvalue weighted by molar-refractivity contribution is 6.04. The highest BCUT2D eigenvalue weighted by atomic mass is 15.1. The van der Waals surface area contributed by atoms with Gasteiger partial charge in [0.15, 0.2) is 0 Å². The van der Waals surface area contributed by atoms with Crippen LogP contribution in [-0.4, -0.2) is 4.98 Å². The van der Waals surface area contributed by atoms with Gasteiger partial charge in [0.05, 0.1) is 11.2 Å². The highest BCUT2D eigenvalue weighted by Crippen LogP contribution is 2.37. The molecule has 0 spiro atoms. The molecule has 0 bridgehead atoms. The lowest BCUT2D eigenvalue weighted by atomic mass is 9.96. The maximum atomic E-state index is 5.16. The number of pyridine rings is 1.